The van der Waals surface area contributed by atoms with Gasteiger partial charge in [0.2, 0.25) is 5.91 Å². The Balaban J connectivity index is 1.51. The quantitative estimate of drug-likeness (QED) is 0.682. The normalized spacial score (nSPS) is 21.4. The summed E-state index contributed by atoms with van der Waals surface area (Å²) in [6.07, 6.45) is 3.54. The van der Waals surface area contributed by atoms with Crippen molar-refractivity contribution in [2.45, 2.75) is 19.3 Å². The summed E-state index contributed by atoms with van der Waals surface area (Å²) in [6, 6.07) is 7.54. The van der Waals surface area contributed by atoms with Crippen LogP contribution in [0.15, 0.2) is 36.5 Å². The molecule has 2 amide bonds. The highest BCUT2D eigenvalue weighted by Gasteiger charge is 2.41. The Bertz CT molecular complexity index is 942. The van der Waals surface area contributed by atoms with E-state index in [1.807, 2.05) is 4.90 Å². The minimum atomic E-state index is -0.535. The van der Waals surface area contributed by atoms with Gasteiger partial charge in [-0.25, -0.2) is 4.39 Å². The standard InChI is InChI=1S/C23H29FN4O4/c1-26-10-7-20(25-26)22(30)28-9-2-8-23(16-28,15-21(29)27-11-13-31-14-12-27)17-32-19-5-3-18(24)4-6-19/h3-7,10H,2,8-9,11-17H2,1H3. The van der Waals surface area contributed by atoms with Gasteiger partial charge >= 0.3 is 0 Å². The number of halogens is 1. The van der Waals surface area contributed by atoms with Gasteiger partial charge in [0.1, 0.15) is 17.3 Å². The lowest BCUT2D eigenvalue weighted by atomic mass is 9.77. The van der Waals surface area contributed by atoms with Crippen LogP contribution in [-0.2, 0) is 16.6 Å². The Kier molecular flexibility index (Phi) is 6.74. The number of nitrogens with zero attached hydrogens (tertiary/aromatic N) is 4. The monoisotopic (exact) mass is 444 g/mol. The van der Waals surface area contributed by atoms with E-state index >= 15 is 0 Å². The van der Waals surface area contributed by atoms with Crippen LogP contribution in [0.25, 0.3) is 0 Å². The first-order valence-corrected chi connectivity index (χ1v) is 11.0. The van der Waals surface area contributed by atoms with Gasteiger partial charge in [-0.3, -0.25) is 14.3 Å². The van der Waals surface area contributed by atoms with Gasteiger partial charge in [0.25, 0.3) is 5.91 Å². The van der Waals surface area contributed by atoms with Crippen LogP contribution < -0.4 is 4.74 Å². The highest BCUT2D eigenvalue weighted by atomic mass is 19.1. The zero-order chi connectivity index (χ0) is 22.6. The molecule has 1 atom stereocenters. The number of piperidine rings is 1. The smallest absolute Gasteiger partial charge is 0.274 e. The van der Waals surface area contributed by atoms with E-state index in [1.54, 1.807) is 41.0 Å². The lowest BCUT2D eigenvalue weighted by Crippen LogP contribution is -2.52. The lowest BCUT2D eigenvalue weighted by Gasteiger charge is -2.43. The van der Waals surface area contributed by atoms with Crippen molar-refractivity contribution in [3.8, 4) is 5.75 Å². The molecule has 32 heavy (non-hydrogen) atoms. The molecule has 0 N–H and O–H groups in total. The zero-order valence-corrected chi connectivity index (χ0v) is 18.3. The number of hydrogen-bond acceptors (Lipinski definition) is 5. The Labute approximate surface area is 186 Å². The van der Waals surface area contributed by atoms with E-state index in [0.717, 1.165) is 12.8 Å². The molecule has 0 spiro atoms. The van der Waals surface area contributed by atoms with E-state index in [4.69, 9.17) is 9.47 Å². The number of carbonyl (C=O) groups excluding carboxylic acids is 2. The van der Waals surface area contributed by atoms with Gasteiger partial charge < -0.3 is 19.3 Å². The molecule has 1 aromatic heterocycles. The maximum absolute atomic E-state index is 13.3. The van der Waals surface area contributed by atoms with Crippen LogP contribution in [0, 0.1) is 11.2 Å². The number of aryl methyl sites for hydroxylation is 1. The molecule has 4 rings (SSSR count). The predicted molar refractivity (Wildman–Crippen MR) is 115 cm³/mol. The molecule has 2 saturated heterocycles. The van der Waals surface area contributed by atoms with Crippen molar-refractivity contribution in [3.63, 3.8) is 0 Å². The van der Waals surface area contributed by atoms with Crippen molar-refractivity contribution < 1.29 is 23.5 Å². The molecule has 0 aliphatic carbocycles. The number of benzene rings is 1. The molecule has 0 saturated carbocycles. The first-order chi connectivity index (χ1) is 15.4. The first-order valence-electron chi connectivity index (χ1n) is 11.0. The number of rotatable bonds is 6. The molecule has 2 aliphatic rings. The summed E-state index contributed by atoms with van der Waals surface area (Å²) in [5.41, 5.74) is -0.144. The van der Waals surface area contributed by atoms with Crippen molar-refractivity contribution in [1.29, 1.82) is 0 Å². The number of likely N-dealkylation sites (tertiary alicyclic amines) is 1. The van der Waals surface area contributed by atoms with Crippen LogP contribution in [-0.4, -0.2) is 77.4 Å². The van der Waals surface area contributed by atoms with E-state index in [0.29, 0.717) is 50.8 Å². The van der Waals surface area contributed by atoms with Crippen molar-refractivity contribution in [2.75, 3.05) is 46.0 Å². The molecule has 2 aromatic rings. The SMILES string of the molecule is Cn1ccc(C(=O)N2CCCC(COc3ccc(F)cc3)(CC(=O)N3CCOCC3)C2)n1. The Hall–Kier alpha value is -2.94. The molecule has 0 radical (unpaired) electrons. The average molecular weight is 445 g/mol. The topological polar surface area (TPSA) is 76.9 Å². The van der Waals surface area contributed by atoms with E-state index in [2.05, 4.69) is 5.10 Å². The summed E-state index contributed by atoms with van der Waals surface area (Å²) in [7, 11) is 1.77. The molecule has 2 aliphatic heterocycles. The third-order valence-electron chi connectivity index (χ3n) is 6.13. The van der Waals surface area contributed by atoms with Crippen LogP contribution in [0.1, 0.15) is 29.8 Å². The lowest BCUT2D eigenvalue weighted by molar-refractivity contribution is -0.139. The van der Waals surface area contributed by atoms with Gasteiger partial charge in [-0.05, 0) is 43.2 Å². The van der Waals surface area contributed by atoms with Crippen LogP contribution in [0.3, 0.4) is 0 Å². The number of ether oxygens (including phenoxy) is 2. The fourth-order valence-electron chi connectivity index (χ4n) is 4.40. The molecule has 8 nitrogen and oxygen atoms in total. The second-order valence-corrected chi connectivity index (χ2v) is 8.62. The Morgan fingerprint density at radius 2 is 1.88 bits per heavy atom. The van der Waals surface area contributed by atoms with Crippen molar-refractivity contribution in [1.82, 2.24) is 19.6 Å². The maximum Gasteiger partial charge on any atom is 0.274 e. The first kappa shape index (κ1) is 22.3. The molecule has 9 heteroatoms. The van der Waals surface area contributed by atoms with Gasteiger partial charge in [0.05, 0.1) is 19.8 Å². The van der Waals surface area contributed by atoms with Crippen molar-refractivity contribution in [3.05, 3.63) is 48.0 Å². The molecular formula is C23H29FN4O4. The van der Waals surface area contributed by atoms with E-state index in [-0.39, 0.29) is 30.7 Å². The molecule has 172 valence electrons. The van der Waals surface area contributed by atoms with E-state index in [9.17, 15) is 14.0 Å². The van der Waals surface area contributed by atoms with Crippen LogP contribution >= 0.6 is 0 Å². The molecular weight excluding hydrogens is 415 g/mol. The number of aromatic nitrogens is 2. The summed E-state index contributed by atoms with van der Waals surface area (Å²) in [5.74, 6) is 0.107. The van der Waals surface area contributed by atoms with Gasteiger partial charge in [0, 0.05) is 51.3 Å². The Morgan fingerprint density at radius 3 is 2.56 bits per heavy atom. The highest BCUT2D eigenvalue weighted by Crippen LogP contribution is 2.36. The number of morpholine rings is 1. The second kappa shape index (κ2) is 9.68. The molecule has 0 bridgehead atoms. The number of amides is 2. The summed E-state index contributed by atoms with van der Waals surface area (Å²) in [5, 5.41) is 4.24. The third-order valence-corrected chi connectivity index (χ3v) is 6.13. The minimum Gasteiger partial charge on any atom is -0.493 e. The fraction of sp³-hybridized carbons (Fsp3) is 0.522. The highest BCUT2D eigenvalue weighted by molar-refractivity contribution is 5.92. The van der Waals surface area contributed by atoms with Crippen molar-refractivity contribution in [2.24, 2.45) is 12.5 Å². The number of hydrogen-bond donors (Lipinski definition) is 0. The van der Waals surface area contributed by atoms with E-state index in [1.165, 1.54) is 12.1 Å². The van der Waals surface area contributed by atoms with Gasteiger partial charge in [-0.15, -0.1) is 0 Å². The second-order valence-electron chi connectivity index (χ2n) is 8.62. The maximum atomic E-state index is 13.3. The molecule has 1 unspecified atom stereocenters. The summed E-state index contributed by atoms with van der Waals surface area (Å²) >= 11 is 0. The summed E-state index contributed by atoms with van der Waals surface area (Å²) in [4.78, 5) is 29.8. The fourth-order valence-corrected chi connectivity index (χ4v) is 4.40. The average Bonchev–Trinajstić information content (AvgIpc) is 3.25. The van der Waals surface area contributed by atoms with Gasteiger partial charge in [0.15, 0.2) is 0 Å². The summed E-state index contributed by atoms with van der Waals surface area (Å²) < 4.78 is 26.2. The zero-order valence-electron chi connectivity index (χ0n) is 18.3. The summed E-state index contributed by atoms with van der Waals surface area (Å²) in [6.45, 7) is 3.50. The third kappa shape index (κ3) is 5.27. The molecule has 2 fully saturated rings. The van der Waals surface area contributed by atoms with Gasteiger partial charge in [-0.2, -0.15) is 5.10 Å². The minimum absolute atomic E-state index is 0.0446. The van der Waals surface area contributed by atoms with Crippen LogP contribution in [0.2, 0.25) is 0 Å². The van der Waals surface area contributed by atoms with Crippen LogP contribution in [0.5, 0.6) is 5.75 Å². The van der Waals surface area contributed by atoms with Crippen molar-refractivity contribution >= 4 is 11.8 Å². The molecule has 3 heterocycles. The van der Waals surface area contributed by atoms with Crippen LogP contribution in [0.4, 0.5) is 4.39 Å². The number of carbonyl (C=O) groups is 2. The predicted octanol–water partition coefficient (Wildman–Crippen LogP) is 2.11. The molecule has 1 aromatic carbocycles. The Morgan fingerprint density at radius 1 is 1.12 bits per heavy atom. The largest absolute Gasteiger partial charge is 0.493 e. The van der Waals surface area contributed by atoms with Gasteiger partial charge in [-0.1, -0.05) is 0 Å². The van der Waals surface area contributed by atoms with E-state index < -0.39 is 5.41 Å².